The number of phenols is 2. The molecule has 21 heavy (non-hydrogen) atoms. The van der Waals surface area contributed by atoms with Gasteiger partial charge in [-0.25, -0.2) is 4.39 Å². The minimum atomic E-state index is -0.295. The summed E-state index contributed by atoms with van der Waals surface area (Å²) in [6.07, 6.45) is 0.457. The van der Waals surface area contributed by atoms with Gasteiger partial charge in [0.05, 0.1) is 0 Å². The van der Waals surface area contributed by atoms with Gasteiger partial charge in [0.15, 0.2) is 0 Å². The topological polar surface area (TPSA) is 60.8 Å². The number of fused-ring (bicyclic) bond motifs is 1. The monoisotopic (exact) mass is 287 g/mol. The highest BCUT2D eigenvalue weighted by atomic mass is 19.1. The third-order valence-electron chi connectivity index (χ3n) is 3.65. The highest BCUT2D eigenvalue weighted by Gasteiger charge is 2.24. The summed E-state index contributed by atoms with van der Waals surface area (Å²) >= 11 is 0. The van der Waals surface area contributed by atoms with E-state index in [2.05, 4.69) is 0 Å². The van der Waals surface area contributed by atoms with Crippen molar-refractivity contribution in [2.75, 3.05) is 6.54 Å². The summed E-state index contributed by atoms with van der Waals surface area (Å²) in [5.41, 5.74) is 1.66. The molecule has 4 nitrogen and oxygen atoms in total. The molecule has 0 saturated carbocycles. The molecular weight excluding hydrogens is 273 g/mol. The van der Waals surface area contributed by atoms with Crippen molar-refractivity contribution in [2.24, 2.45) is 0 Å². The van der Waals surface area contributed by atoms with Crippen LogP contribution in [-0.4, -0.2) is 27.6 Å². The van der Waals surface area contributed by atoms with Gasteiger partial charge in [0, 0.05) is 24.7 Å². The average molecular weight is 287 g/mol. The summed E-state index contributed by atoms with van der Waals surface area (Å²) in [5, 5.41) is 18.9. The molecule has 0 bridgehead atoms. The minimum Gasteiger partial charge on any atom is -0.508 e. The molecule has 0 atom stereocenters. The maximum Gasteiger partial charge on any atom is 0.254 e. The highest BCUT2D eigenvalue weighted by molar-refractivity contribution is 5.95. The van der Waals surface area contributed by atoms with Crippen LogP contribution in [0.4, 0.5) is 4.39 Å². The van der Waals surface area contributed by atoms with Crippen LogP contribution < -0.4 is 0 Å². The number of benzene rings is 2. The number of rotatable bonds is 1. The zero-order valence-electron chi connectivity index (χ0n) is 11.2. The quantitative estimate of drug-likeness (QED) is 0.847. The Hall–Kier alpha value is -2.56. The number of carbonyl (C=O) groups is 1. The Balaban J connectivity index is 1.87. The van der Waals surface area contributed by atoms with E-state index in [-0.39, 0.29) is 28.8 Å². The van der Waals surface area contributed by atoms with Crippen LogP contribution in [0.15, 0.2) is 36.4 Å². The van der Waals surface area contributed by atoms with Gasteiger partial charge < -0.3 is 15.1 Å². The molecule has 0 fully saturated rings. The highest BCUT2D eigenvalue weighted by Crippen LogP contribution is 2.25. The molecular formula is C16H14FNO3. The lowest BCUT2D eigenvalue weighted by molar-refractivity contribution is 0.0732. The Morgan fingerprint density at radius 1 is 1.14 bits per heavy atom. The van der Waals surface area contributed by atoms with E-state index in [4.69, 9.17) is 0 Å². The first kappa shape index (κ1) is 13.4. The Morgan fingerprint density at radius 2 is 1.86 bits per heavy atom. The van der Waals surface area contributed by atoms with Crippen molar-refractivity contribution in [3.8, 4) is 11.5 Å². The van der Waals surface area contributed by atoms with Crippen LogP contribution >= 0.6 is 0 Å². The van der Waals surface area contributed by atoms with Crippen LogP contribution in [-0.2, 0) is 13.0 Å². The molecule has 1 amide bonds. The van der Waals surface area contributed by atoms with E-state index in [1.165, 1.54) is 18.2 Å². The van der Waals surface area contributed by atoms with Crippen molar-refractivity contribution in [1.29, 1.82) is 0 Å². The molecule has 2 N–H and O–H groups in total. The predicted molar refractivity (Wildman–Crippen MR) is 74.6 cm³/mol. The fourth-order valence-corrected chi connectivity index (χ4v) is 2.64. The molecule has 3 rings (SSSR count). The lowest BCUT2D eigenvalue weighted by Gasteiger charge is -2.29. The standard InChI is InChI=1S/C16H14FNO3/c17-15-3-1-2-10-9-18(5-4-14(10)15)16(21)11-6-12(19)8-13(20)7-11/h1-3,6-8,19-20H,4-5,9H2. The first-order valence-electron chi connectivity index (χ1n) is 6.63. The molecule has 1 aliphatic rings. The first-order valence-corrected chi connectivity index (χ1v) is 6.63. The number of aromatic hydroxyl groups is 2. The Bertz CT molecular complexity index is 694. The first-order chi connectivity index (χ1) is 10.0. The van der Waals surface area contributed by atoms with Gasteiger partial charge in [0.2, 0.25) is 0 Å². The molecule has 5 heteroatoms. The minimum absolute atomic E-state index is 0.165. The normalized spacial score (nSPS) is 13.9. The lowest BCUT2D eigenvalue weighted by atomic mass is 9.98. The summed E-state index contributed by atoms with van der Waals surface area (Å²) in [6, 6.07) is 8.63. The van der Waals surface area contributed by atoms with Gasteiger partial charge >= 0.3 is 0 Å². The summed E-state index contributed by atoms with van der Waals surface area (Å²) in [4.78, 5) is 14.0. The van der Waals surface area contributed by atoms with E-state index in [0.717, 1.165) is 11.6 Å². The number of halogens is 1. The van der Waals surface area contributed by atoms with Crippen LogP contribution in [0.2, 0.25) is 0 Å². The molecule has 1 heterocycles. The Morgan fingerprint density at radius 3 is 2.57 bits per heavy atom. The van der Waals surface area contributed by atoms with Crippen molar-refractivity contribution in [2.45, 2.75) is 13.0 Å². The third-order valence-corrected chi connectivity index (χ3v) is 3.65. The number of hydrogen-bond acceptors (Lipinski definition) is 3. The Labute approximate surface area is 121 Å². The van der Waals surface area contributed by atoms with Crippen molar-refractivity contribution in [1.82, 2.24) is 4.90 Å². The molecule has 0 aliphatic carbocycles. The summed E-state index contributed by atoms with van der Waals surface area (Å²) in [5.74, 6) is -0.866. The van der Waals surface area contributed by atoms with E-state index in [1.807, 2.05) is 0 Å². The average Bonchev–Trinajstić information content (AvgIpc) is 2.45. The zero-order valence-corrected chi connectivity index (χ0v) is 11.2. The van der Waals surface area contributed by atoms with Gasteiger partial charge in [-0.3, -0.25) is 4.79 Å². The van der Waals surface area contributed by atoms with Crippen molar-refractivity contribution in [3.63, 3.8) is 0 Å². The second-order valence-electron chi connectivity index (χ2n) is 5.09. The maximum atomic E-state index is 13.7. The fraction of sp³-hybridized carbons (Fsp3) is 0.188. The van der Waals surface area contributed by atoms with Crippen LogP contribution in [0.5, 0.6) is 11.5 Å². The zero-order chi connectivity index (χ0) is 15.0. The molecule has 108 valence electrons. The van der Waals surface area contributed by atoms with E-state index in [0.29, 0.717) is 25.1 Å². The van der Waals surface area contributed by atoms with Crippen molar-refractivity contribution >= 4 is 5.91 Å². The van der Waals surface area contributed by atoms with Gasteiger partial charge in [0.25, 0.3) is 5.91 Å². The van der Waals surface area contributed by atoms with Gasteiger partial charge in [-0.1, -0.05) is 12.1 Å². The molecule has 1 aliphatic heterocycles. The number of nitrogens with zero attached hydrogens (tertiary/aromatic N) is 1. The molecule has 0 aromatic heterocycles. The second-order valence-corrected chi connectivity index (χ2v) is 5.09. The van der Waals surface area contributed by atoms with E-state index in [1.54, 1.807) is 17.0 Å². The van der Waals surface area contributed by atoms with Crippen LogP contribution in [0.25, 0.3) is 0 Å². The van der Waals surface area contributed by atoms with E-state index < -0.39 is 0 Å². The van der Waals surface area contributed by atoms with Crippen molar-refractivity contribution < 1.29 is 19.4 Å². The van der Waals surface area contributed by atoms with Crippen LogP contribution in [0, 0.1) is 5.82 Å². The number of hydrogen-bond donors (Lipinski definition) is 2. The predicted octanol–water partition coefficient (Wildman–Crippen LogP) is 2.44. The second kappa shape index (κ2) is 5.09. The van der Waals surface area contributed by atoms with E-state index in [9.17, 15) is 19.4 Å². The summed E-state index contributed by atoms with van der Waals surface area (Å²) in [7, 11) is 0. The van der Waals surface area contributed by atoms with Gasteiger partial charge in [-0.15, -0.1) is 0 Å². The summed E-state index contributed by atoms with van der Waals surface area (Å²) in [6.45, 7) is 0.728. The summed E-state index contributed by atoms with van der Waals surface area (Å²) < 4.78 is 13.7. The van der Waals surface area contributed by atoms with Crippen molar-refractivity contribution in [3.05, 3.63) is 58.9 Å². The van der Waals surface area contributed by atoms with Gasteiger partial charge in [0.1, 0.15) is 17.3 Å². The smallest absolute Gasteiger partial charge is 0.254 e. The maximum absolute atomic E-state index is 13.7. The van der Waals surface area contributed by atoms with Crippen LogP contribution in [0.3, 0.4) is 0 Å². The van der Waals surface area contributed by atoms with E-state index >= 15 is 0 Å². The molecule has 2 aromatic rings. The third kappa shape index (κ3) is 2.54. The van der Waals surface area contributed by atoms with Crippen LogP contribution in [0.1, 0.15) is 21.5 Å². The van der Waals surface area contributed by atoms with Gasteiger partial charge in [-0.05, 0) is 35.7 Å². The Kier molecular flexibility index (Phi) is 3.25. The van der Waals surface area contributed by atoms with Gasteiger partial charge in [-0.2, -0.15) is 0 Å². The molecule has 2 aromatic carbocycles. The largest absolute Gasteiger partial charge is 0.508 e. The fourth-order valence-electron chi connectivity index (χ4n) is 2.64. The molecule has 0 radical (unpaired) electrons. The molecule has 0 saturated heterocycles. The molecule has 0 spiro atoms. The SMILES string of the molecule is O=C(c1cc(O)cc(O)c1)N1CCc2c(F)cccc2C1. The number of amides is 1. The number of carbonyl (C=O) groups excluding carboxylic acids is 1. The number of phenolic OH excluding ortho intramolecular Hbond substituents is 2. The lowest BCUT2D eigenvalue weighted by Crippen LogP contribution is -2.36. The molecule has 0 unspecified atom stereocenters.